The Hall–Kier alpha value is -1.89. The number of urea groups is 1. The summed E-state index contributed by atoms with van der Waals surface area (Å²) in [5.74, 6) is 2.29. The summed E-state index contributed by atoms with van der Waals surface area (Å²) < 4.78 is 7.38. The first-order chi connectivity index (χ1) is 12.1. The van der Waals surface area contributed by atoms with Gasteiger partial charge in [0.25, 0.3) is 0 Å². The van der Waals surface area contributed by atoms with Crippen molar-refractivity contribution in [1.29, 1.82) is 0 Å². The van der Waals surface area contributed by atoms with Gasteiger partial charge < -0.3 is 4.74 Å². The first kappa shape index (κ1) is 15.4. The van der Waals surface area contributed by atoms with Crippen molar-refractivity contribution in [2.45, 2.75) is 51.7 Å². The molecule has 2 saturated carbocycles. The third kappa shape index (κ3) is 2.05. The van der Waals surface area contributed by atoms with E-state index >= 15 is 0 Å². The number of carbonyl (C=O) groups excluding carboxylic acids is 2. The van der Waals surface area contributed by atoms with Gasteiger partial charge in [0, 0.05) is 5.92 Å². The van der Waals surface area contributed by atoms with Gasteiger partial charge in [-0.05, 0) is 37.5 Å². The molecule has 2 aliphatic carbocycles. The third-order valence-corrected chi connectivity index (χ3v) is 6.15. The molecule has 0 spiro atoms. The van der Waals surface area contributed by atoms with Crippen molar-refractivity contribution in [1.82, 2.24) is 4.90 Å². The van der Waals surface area contributed by atoms with Crippen LogP contribution in [0.3, 0.4) is 0 Å². The summed E-state index contributed by atoms with van der Waals surface area (Å²) in [5.41, 5.74) is 0.354. The summed E-state index contributed by atoms with van der Waals surface area (Å²) >= 11 is 0. The molecule has 0 radical (unpaired) electrons. The molecule has 2 bridgehead atoms. The van der Waals surface area contributed by atoms with Crippen LogP contribution in [0, 0.1) is 17.8 Å². The van der Waals surface area contributed by atoms with E-state index in [1.54, 1.807) is 4.58 Å². The van der Waals surface area contributed by atoms with Crippen LogP contribution in [0.1, 0.15) is 39.5 Å². The topological polar surface area (TPSA) is 77.6 Å². The molecule has 5 atom stereocenters. The first-order valence-electron chi connectivity index (χ1n) is 9.47. The number of amides is 3. The monoisotopic (exact) mass is 343 g/mol. The Morgan fingerprint density at radius 2 is 2.00 bits per heavy atom. The Labute approximate surface area is 146 Å². The number of epoxide rings is 1. The highest BCUT2D eigenvalue weighted by atomic mass is 16.6. The van der Waals surface area contributed by atoms with Gasteiger partial charge in [-0.25, -0.2) is 14.6 Å². The van der Waals surface area contributed by atoms with Crippen LogP contribution in [0.25, 0.3) is 0 Å². The van der Waals surface area contributed by atoms with E-state index in [0.29, 0.717) is 48.7 Å². The highest BCUT2D eigenvalue weighted by Gasteiger charge is 2.65. The highest BCUT2D eigenvalue weighted by molar-refractivity contribution is 6.70. The number of hydrogen-bond donors (Lipinski definition) is 0. The first-order valence-corrected chi connectivity index (χ1v) is 9.47. The van der Waals surface area contributed by atoms with Gasteiger partial charge in [-0.2, -0.15) is 9.48 Å². The smallest absolute Gasteiger partial charge is 0.369 e. The zero-order valence-electron chi connectivity index (χ0n) is 14.6. The SMILES string of the molecule is CCCN1C(=O)C2=NC(C3CC4CC3C3OC43)=NC2=[N+](CCC)C1=O. The van der Waals surface area contributed by atoms with Gasteiger partial charge in [-0.1, -0.05) is 18.8 Å². The molecule has 0 aromatic heterocycles. The molecule has 3 fully saturated rings. The highest BCUT2D eigenvalue weighted by Crippen LogP contribution is 2.59. The fraction of sp³-hybridized carbons (Fsp3) is 0.722. The molecule has 5 rings (SSSR count). The minimum Gasteiger partial charge on any atom is -0.369 e. The Morgan fingerprint density at radius 1 is 1.16 bits per heavy atom. The summed E-state index contributed by atoms with van der Waals surface area (Å²) in [6, 6.07) is -0.258. The summed E-state index contributed by atoms with van der Waals surface area (Å²) in [7, 11) is 0. The van der Waals surface area contributed by atoms with Gasteiger partial charge in [-0.3, -0.25) is 0 Å². The van der Waals surface area contributed by atoms with Gasteiger partial charge in [-0.15, -0.1) is 0 Å². The molecule has 5 aliphatic rings. The molecule has 7 nitrogen and oxygen atoms in total. The number of fused-ring (bicyclic) bond motifs is 6. The molecular formula is C18H23N4O3+. The fourth-order valence-electron chi connectivity index (χ4n) is 5.04. The van der Waals surface area contributed by atoms with Crippen molar-refractivity contribution in [3.8, 4) is 0 Å². The Morgan fingerprint density at radius 3 is 2.68 bits per heavy atom. The van der Waals surface area contributed by atoms with Crippen molar-refractivity contribution < 1.29 is 18.9 Å². The molecule has 0 aromatic rings. The van der Waals surface area contributed by atoms with E-state index in [0.717, 1.165) is 25.1 Å². The number of aliphatic imine (C=N–C) groups is 2. The van der Waals surface area contributed by atoms with Gasteiger partial charge in [0.05, 0.1) is 25.3 Å². The maximum atomic E-state index is 12.8. The Kier molecular flexibility index (Phi) is 3.26. The second-order valence-electron chi connectivity index (χ2n) is 7.71. The summed E-state index contributed by atoms with van der Waals surface area (Å²) in [5, 5.41) is 0. The fourth-order valence-corrected chi connectivity index (χ4v) is 5.04. The number of rotatable bonds is 5. The lowest BCUT2D eigenvalue weighted by Gasteiger charge is -2.21. The number of imide groups is 1. The van der Waals surface area contributed by atoms with Crippen molar-refractivity contribution >= 4 is 29.3 Å². The van der Waals surface area contributed by atoms with Crippen molar-refractivity contribution in [2.24, 2.45) is 27.7 Å². The van der Waals surface area contributed by atoms with Gasteiger partial charge in [0.1, 0.15) is 0 Å². The van der Waals surface area contributed by atoms with Crippen LogP contribution in [-0.4, -0.2) is 64.1 Å². The zero-order valence-corrected chi connectivity index (χ0v) is 14.6. The maximum Gasteiger partial charge on any atom is 0.446 e. The number of carbonyl (C=O) groups is 2. The largest absolute Gasteiger partial charge is 0.446 e. The molecule has 25 heavy (non-hydrogen) atoms. The zero-order chi connectivity index (χ0) is 17.3. The molecule has 7 heteroatoms. The van der Waals surface area contributed by atoms with E-state index in [1.807, 2.05) is 13.8 Å². The van der Waals surface area contributed by atoms with Crippen LogP contribution in [0.2, 0.25) is 0 Å². The normalized spacial score (nSPS) is 38.2. The van der Waals surface area contributed by atoms with E-state index in [4.69, 9.17) is 9.73 Å². The second kappa shape index (κ2) is 5.30. The minimum atomic E-state index is -0.295. The van der Waals surface area contributed by atoms with Crippen LogP contribution in [0.4, 0.5) is 4.79 Å². The summed E-state index contributed by atoms with van der Waals surface area (Å²) in [4.78, 5) is 36.2. The van der Waals surface area contributed by atoms with Crippen LogP contribution in [-0.2, 0) is 9.53 Å². The number of ether oxygens (including phenoxy) is 1. The Balaban J connectivity index is 1.52. The van der Waals surface area contributed by atoms with Crippen molar-refractivity contribution in [2.75, 3.05) is 13.1 Å². The van der Waals surface area contributed by atoms with Gasteiger partial charge in [0.2, 0.25) is 11.5 Å². The molecule has 3 amide bonds. The van der Waals surface area contributed by atoms with E-state index in [9.17, 15) is 9.59 Å². The minimum absolute atomic E-state index is 0.258. The maximum absolute atomic E-state index is 12.8. The van der Waals surface area contributed by atoms with Crippen LogP contribution >= 0.6 is 0 Å². The molecule has 3 aliphatic heterocycles. The van der Waals surface area contributed by atoms with E-state index < -0.39 is 0 Å². The Bertz CT molecular complexity index is 768. The number of amidine groups is 2. The molecule has 0 N–H and O–H groups in total. The van der Waals surface area contributed by atoms with Crippen LogP contribution in [0.5, 0.6) is 0 Å². The van der Waals surface area contributed by atoms with Crippen LogP contribution < -0.4 is 0 Å². The van der Waals surface area contributed by atoms with Crippen molar-refractivity contribution in [3.05, 3.63) is 0 Å². The molecule has 1 saturated heterocycles. The van der Waals surface area contributed by atoms with Crippen LogP contribution in [0.15, 0.2) is 9.98 Å². The number of nitrogens with zero attached hydrogens (tertiary/aromatic N) is 4. The predicted octanol–water partition coefficient (Wildman–Crippen LogP) is 1.46. The van der Waals surface area contributed by atoms with Gasteiger partial charge in [0.15, 0.2) is 0 Å². The molecule has 3 heterocycles. The summed E-state index contributed by atoms with van der Waals surface area (Å²) in [6.07, 6.45) is 4.62. The van der Waals surface area contributed by atoms with E-state index in [1.165, 1.54) is 11.3 Å². The van der Waals surface area contributed by atoms with E-state index in [2.05, 4.69) is 4.99 Å². The average molecular weight is 343 g/mol. The summed E-state index contributed by atoms with van der Waals surface area (Å²) in [6.45, 7) is 4.96. The lowest BCUT2D eigenvalue weighted by atomic mass is 9.88. The molecule has 5 unspecified atom stereocenters. The van der Waals surface area contributed by atoms with E-state index in [-0.39, 0.29) is 17.9 Å². The van der Waals surface area contributed by atoms with Gasteiger partial charge >= 0.3 is 17.8 Å². The third-order valence-electron chi connectivity index (χ3n) is 6.15. The second-order valence-corrected chi connectivity index (χ2v) is 7.71. The molecule has 132 valence electrons. The quantitative estimate of drug-likeness (QED) is 0.560. The standard InChI is InChI=1S/C18H23N4O3/c1-3-5-21-16-12(17(23)22(6-4-2)18(21)24)19-15(20-16)11-8-9-7-10(11)14-13(9)25-14/h9-11,13-14H,3-8H2,1-2H3/q+1. The number of hydrogen-bond acceptors (Lipinski definition) is 5. The predicted molar refractivity (Wildman–Crippen MR) is 91.1 cm³/mol. The molecule has 0 aromatic carbocycles. The average Bonchev–Trinajstić information content (AvgIpc) is 2.99. The lowest BCUT2D eigenvalue weighted by Crippen LogP contribution is -2.54. The van der Waals surface area contributed by atoms with Crippen molar-refractivity contribution in [3.63, 3.8) is 0 Å². The lowest BCUT2D eigenvalue weighted by molar-refractivity contribution is -0.435. The molecular weight excluding hydrogens is 320 g/mol.